The van der Waals surface area contributed by atoms with Gasteiger partial charge in [-0.25, -0.2) is 0 Å². The molecule has 0 bridgehead atoms. The summed E-state index contributed by atoms with van der Waals surface area (Å²) in [6.45, 7) is 11.2. The molecule has 0 saturated carbocycles. The summed E-state index contributed by atoms with van der Waals surface area (Å²) in [6.07, 6.45) is 2.74. The maximum absolute atomic E-state index is 10.3. The van der Waals surface area contributed by atoms with Gasteiger partial charge in [-0.1, -0.05) is 26.3 Å². The van der Waals surface area contributed by atoms with Crippen LogP contribution < -0.4 is 0 Å². The Kier molecular flexibility index (Phi) is 10.1. The maximum Gasteiger partial charge on any atom is 0.155 e. The first-order chi connectivity index (χ1) is 6.36. The monoisotopic (exact) mass is 200 g/mol. The van der Waals surface area contributed by atoms with Crippen LogP contribution in [0.4, 0.5) is 0 Å². The second-order valence-corrected chi connectivity index (χ2v) is 3.65. The number of Topliss-reactive ketones (excluding diaryl/α,β-unsaturated/α-hetero) is 1. The van der Waals surface area contributed by atoms with Gasteiger partial charge in [0.1, 0.15) is 0 Å². The van der Waals surface area contributed by atoms with E-state index >= 15 is 0 Å². The van der Waals surface area contributed by atoms with Gasteiger partial charge in [0, 0.05) is 0 Å². The molecule has 0 aliphatic heterocycles. The summed E-state index contributed by atoms with van der Waals surface area (Å²) in [5, 5.41) is 8.82. The molecular weight excluding hydrogens is 176 g/mol. The number of carbonyl (C=O) groups is 1. The van der Waals surface area contributed by atoms with Gasteiger partial charge in [0.05, 0.1) is 6.10 Å². The Morgan fingerprint density at radius 1 is 1.36 bits per heavy atom. The third-order valence-electron chi connectivity index (χ3n) is 2.46. The van der Waals surface area contributed by atoms with E-state index in [4.69, 9.17) is 5.11 Å². The minimum absolute atomic E-state index is 0.134. The van der Waals surface area contributed by atoms with Crippen LogP contribution in [0.15, 0.2) is 11.6 Å². The van der Waals surface area contributed by atoms with Crippen LogP contribution >= 0.6 is 0 Å². The van der Waals surface area contributed by atoms with Crippen LogP contribution in [0.5, 0.6) is 0 Å². The summed E-state index contributed by atoms with van der Waals surface area (Å²) >= 11 is 0. The van der Waals surface area contributed by atoms with Crippen molar-refractivity contribution in [2.45, 2.75) is 54.1 Å². The third kappa shape index (κ3) is 9.46. The van der Waals surface area contributed by atoms with Crippen molar-refractivity contribution in [3.8, 4) is 0 Å². The minimum atomic E-state index is -0.134. The number of carbonyl (C=O) groups excluding carboxylic acids is 1. The molecule has 0 spiro atoms. The first-order valence-corrected chi connectivity index (χ1v) is 5.18. The fourth-order valence-electron chi connectivity index (χ4n) is 0.544. The second-order valence-electron chi connectivity index (χ2n) is 3.65. The normalized spacial score (nSPS) is 15.2. The van der Waals surface area contributed by atoms with E-state index in [0.717, 1.165) is 12.0 Å². The highest BCUT2D eigenvalue weighted by Crippen LogP contribution is 2.04. The highest BCUT2D eigenvalue weighted by Gasteiger charge is 2.03. The van der Waals surface area contributed by atoms with Gasteiger partial charge >= 0.3 is 0 Å². The first kappa shape index (κ1) is 15.8. The van der Waals surface area contributed by atoms with Crippen LogP contribution in [0.2, 0.25) is 0 Å². The standard InChI is InChI=1S/C6H14O.C6H10O/c2*1-4-5(2)6(3)7/h5-7H,4H2,1-3H3;4H,1-3H3/b;5-4+. The predicted octanol–water partition coefficient (Wildman–Crippen LogP) is 2.95. The molecule has 0 amide bonds. The summed E-state index contributed by atoms with van der Waals surface area (Å²) in [5.74, 6) is 0.613. The van der Waals surface area contributed by atoms with E-state index in [9.17, 15) is 4.79 Å². The predicted molar refractivity (Wildman–Crippen MR) is 61.2 cm³/mol. The Labute approximate surface area is 88.0 Å². The molecule has 2 atom stereocenters. The van der Waals surface area contributed by atoms with E-state index in [0.29, 0.717) is 5.92 Å². The Bertz CT molecular complexity index is 181. The van der Waals surface area contributed by atoms with E-state index in [2.05, 4.69) is 6.92 Å². The number of aliphatic hydroxyl groups excluding tert-OH is 1. The zero-order valence-corrected chi connectivity index (χ0v) is 10.3. The molecule has 0 heterocycles. The molecule has 0 aliphatic rings. The lowest BCUT2D eigenvalue weighted by atomic mass is 10.0. The first-order valence-electron chi connectivity index (χ1n) is 5.18. The minimum Gasteiger partial charge on any atom is -0.393 e. The molecule has 0 aromatic carbocycles. The summed E-state index contributed by atoms with van der Waals surface area (Å²) in [7, 11) is 0. The summed E-state index contributed by atoms with van der Waals surface area (Å²) < 4.78 is 0. The van der Waals surface area contributed by atoms with Crippen molar-refractivity contribution in [1.82, 2.24) is 0 Å². The number of hydrogen-bond donors (Lipinski definition) is 1. The van der Waals surface area contributed by atoms with Crippen molar-refractivity contribution in [2.75, 3.05) is 0 Å². The van der Waals surface area contributed by atoms with Gasteiger partial charge in [0.2, 0.25) is 0 Å². The molecule has 0 radical (unpaired) electrons. The van der Waals surface area contributed by atoms with Crippen molar-refractivity contribution in [3.05, 3.63) is 11.6 Å². The van der Waals surface area contributed by atoms with E-state index in [1.54, 1.807) is 6.92 Å². The fraction of sp³-hybridized carbons (Fsp3) is 0.750. The lowest BCUT2D eigenvalue weighted by molar-refractivity contribution is -0.113. The number of rotatable bonds is 3. The van der Waals surface area contributed by atoms with Gasteiger partial charge in [-0.2, -0.15) is 0 Å². The van der Waals surface area contributed by atoms with Crippen LogP contribution in [0.1, 0.15) is 48.0 Å². The van der Waals surface area contributed by atoms with Crippen LogP contribution in [-0.4, -0.2) is 17.0 Å². The quantitative estimate of drug-likeness (QED) is 0.711. The van der Waals surface area contributed by atoms with Gasteiger partial charge in [0.15, 0.2) is 5.78 Å². The van der Waals surface area contributed by atoms with Crippen LogP contribution in [0.25, 0.3) is 0 Å². The highest BCUT2D eigenvalue weighted by molar-refractivity contribution is 5.92. The van der Waals surface area contributed by atoms with Gasteiger partial charge in [0.25, 0.3) is 0 Å². The van der Waals surface area contributed by atoms with E-state index < -0.39 is 0 Å². The number of hydrogen-bond acceptors (Lipinski definition) is 2. The second kappa shape index (κ2) is 8.95. The van der Waals surface area contributed by atoms with Gasteiger partial charge in [-0.3, -0.25) is 4.79 Å². The van der Waals surface area contributed by atoms with Crippen molar-refractivity contribution >= 4 is 5.78 Å². The Morgan fingerprint density at radius 2 is 1.79 bits per heavy atom. The smallest absolute Gasteiger partial charge is 0.155 e. The van der Waals surface area contributed by atoms with E-state index in [1.165, 1.54) is 0 Å². The number of aliphatic hydroxyl groups is 1. The molecule has 0 aliphatic carbocycles. The number of allylic oxidation sites excluding steroid dienone is 2. The van der Waals surface area contributed by atoms with Gasteiger partial charge < -0.3 is 5.11 Å². The molecular formula is C12H24O2. The lowest BCUT2D eigenvalue weighted by Crippen LogP contribution is -2.10. The van der Waals surface area contributed by atoms with Gasteiger partial charge in [-0.05, 0) is 39.2 Å². The van der Waals surface area contributed by atoms with Crippen LogP contribution in [0.3, 0.4) is 0 Å². The third-order valence-corrected chi connectivity index (χ3v) is 2.46. The molecule has 2 unspecified atom stereocenters. The zero-order chi connectivity index (χ0) is 11.7. The van der Waals surface area contributed by atoms with Crippen molar-refractivity contribution in [1.29, 1.82) is 0 Å². The van der Waals surface area contributed by atoms with Crippen molar-refractivity contribution in [2.24, 2.45) is 5.92 Å². The zero-order valence-electron chi connectivity index (χ0n) is 10.3. The molecule has 0 aromatic heterocycles. The molecule has 0 rings (SSSR count). The van der Waals surface area contributed by atoms with E-state index in [-0.39, 0.29) is 11.9 Å². The van der Waals surface area contributed by atoms with Gasteiger partial charge in [-0.15, -0.1) is 0 Å². The Morgan fingerprint density at radius 3 is 1.79 bits per heavy atom. The fourth-order valence-corrected chi connectivity index (χ4v) is 0.544. The van der Waals surface area contributed by atoms with Crippen LogP contribution in [-0.2, 0) is 4.79 Å². The Hall–Kier alpha value is -0.630. The molecule has 0 aromatic rings. The molecule has 0 fully saturated rings. The molecule has 0 saturated heterocycles. The molecule has 2 heteroatoms. The van der Waals surface area contributed by atoms with Crippen molar-refractivity contribution in [3.63, 3.8) is 0 Å². The highest BCUT2D eigenvalue weighted by atomic mass is 16.3. The molecule has 1 N–H and O–H groups in total. The van der Waals surface area contributed by atoms with Crippen LogP contribution in [0, 0.1) is 5.92 Å². The summed E-state index contributed by atoms with van der Waals surface area (Å²) in [6, 6.07) is 0. The summed E-state index contributed by atoms with van der Waals surface area (Å²) in [4.78, 5) is 10.3. The Balaban J connectivity index is 0. The SMILES string of the molecule is C/C=C(\C)C(C)=O.CCC(C)C(C)O. The number of ketones is 1. The molecule has 2 nitrogen and oxygen atoms in total. The molecule has 84 valence electrons. The maximum atomic E-state index is 10.3. The topological polar surface area (TPSA) is 37.3 Å². The summed E-state index contributed by atoms with van der Waals surface area (Å²) in [5.41, 5.74) is 0.833. The van der Waals surface area contributed by atoms with Crippen molar-refractivity contribution < 1.29 is 9.90 Å². The largest absolute Gasteiger partial charge is 0.393 e. The average Bonchev–Trinajstić information content (AvgIpc) is 2.15. The molecule has 14 heavy (non-hydrogen) atoms. The van der Waals surface area contributed by atoms with E-state index in [1.807, 2.05) is 33.8 Å². The lowest BCUT2D eigenvalue weighted by Gasteiger charge is -2.09. The average molecular weight is 200 g/mol.